The number of nitrogens with zero attached hydrogens (tertiary/aromatic N) is 2. The van der Waals surface area contributed by atoms with Crippen LogP contribution in [0.15, 0.2) is 84.3 Å². The first-order valence-electron chi connectivity index (χ1n) is 11.2. The molecule has 0 spiro atoms. The summed E-state index contributed by atoms with van der Waals surface area (Å²) in [7, 11) is 1.62. The molecule has 0 unspecified atom stereocenters. The zero-order valence-electron chi connectivity index (χ0n) is 19.4. The van der Waals surface area contributed by atoms with E-state index < -0.39 is 5.92 Å². The number of aromatic amines is 1. The first kappa shape index (κ1) is 22.1. The number of hydrogen-bond donors (Lipinski definition) is 2. The van der Waals surface area contributed by atoms with Gasteiger partial charge < -0.3 is 19.9 Å². The average Bonchev–Trinajstić information content (AvgIpc) is 3.31. The van der Waals surface area contributed by atoms with Gasteiger partial charge in [0, 0.05) is 5.56 Å². The van der Waals surface area contributed by atoms with Gasteiger partial charge in [0.05, 0.1) is 24.3 Å². The van der Waals surface area contributed by atoms with Crippen molar-refractivity contribution < 1.29 is 14.2 Å². The van der Waals surface area contributed by atoms with E-state index in [1.54, 1.807) is 7.11 Å². The molecule has 0 bridgehead atoms. The molecule has 1 aliphatic heterocycles. The van der Waals surface area contributed by atoms with Crippen molar-refractivity contribution in [2.45, 2.75) is 19.4 Å². The largest absolute Gasteiger partial charge is 0.497 e. The Kier molecular flexibility index (Phi) is 5.86. The fourth-order valence-electron chi connectivity index (χ4n) is 4.16. The molecule has 174 valence electrons. The van der Waals surface area contributed by atoms with Gasteiger partial charge in [-0.25, -0.2) is 0 Å². The Morgan fingerprint density at radius 1 is 1.00 bits per heavy atom. The van der Waals surface area contributed by atoms with Crippen LogP contribution in [-0.4, -0.2) is 17.3 Å². The summed E-state index contributed by atoms with van der Waals surface area (Å²) in [4.78, 5) is 0. The predicted molar refractivity (Wildman–Crippen MR) is 132 cm³/mol. The molecule has 7 nitrogen and oxygen atoms in total. The van der Waals surface area contributed by atoms with Gasteiger partial charge in [-0.3, -0.25) is 5.10 Å². The number of benzene rings is 3. The Morgan fingerprint density at radius 3 is 2.34 bits per heavy atom. The Labute approximate surface area is 203 Å². The highest BCUT2D eigenvalue weighted by Gasteiger charge is 2.35. The molecule has 0 fully saturated rings. The van der Waals surface area contributed by atoms with Crippen LogP contribution in [0, 0.1) is 18.3 Å². The number of hydrogen-bond acceptors (Lipinski definition) is 6. The van der Waals surface area contributed by atoms with Crippen LogP contribution in [0.2, 0.25) is 0 Å². The molecule has 2 heterocycles. The standard InChI is InChI=1S/C28H24N4O3/c1-17-3-5-18(6-4-17)16-34-22-13-7-19(8-14-22)24-23(15-29)27(30)35-28-25(24)26(31-32-28)20-9-11-21(33-2)12-10-20/h3-14,24H,16,30H2,1-2H3,(H,31,32)/t24-/m0/s1. The summed E-state index contributed by atoms with van der Waals surface area (Å²) in [6.45, 7) is 2.53. The predicted octanol–water partition coefficient (Wildman–Crippen LogP) is 5.19. The monoisotopic (exact) mass is 464 g/mol. The van der Waals surface area contributed by atoms with Crippen molar-refractivity contribution in [3.8, 4) is 34.7 Å². The van der Waals surface area contributed by atoms with Crippen molar-refractivity contribution in [3.63, 3.8) is 0 Å². The number of ether oxygens (including phenoxy) is 3. The summed E-state index contributed by atoms with van der Waals surface area (Å²) in [5.41, 5.74) is 12.0. The van der Waals surface area contributed by atoms with Crippen LogP contribution in [-0.2, 0) is 6.61 Å². The molecule has 1 atom stereocenters. The highest BCUT2D eigenvalue weighted by Crippen LogP contribution is 2.45. The van der Waals surface area contributed by atoms with E-state index in [0.29, 0.717) is 18.1 Å². The third-order valence-corrected chi connectivity index (χ3v) is 6.06. The number of allylic oxidation sites excluding steroid dienone is 1. The number of H-pyrrole nitrogens is 1. The summed E-state index contributed by atoms with van der Waals surface area (Å²) >= 11 is 0. The fraction of sp³-hybridized carbons (Fsp3) is 0.143. The fourth-order valence-corrected chi connectivity index (χ4v) is 4.16. The zero-order chi connectivity index (χ0) is 24.4. The first-order chi connectivity index (χ1) is 17.1. The highest BCUT2D eigenvalue weighted by atomic mass is 16.5. The van der Waals surface area contributed by atoms with E-state index in [1.807, 2.05) is 48.5 Å². The SMILES string of the molecule is COc1ccc(-c2[nH]nc3c2[C@@H](c2ccc(OCc4ccc(C)cc4)cc2)C(C#N)=C(N)O3)cc1. The maximum absolute atomic E-state index is 9.93. The highest BCUT2D eigenvalue weighted by molar-refractivity contribution is 5.71. The van der Waals surface area contributed by atoms with Crippen LogP contribution < -0.4 is 19.9 Å². The van der Waals surface area contributed by atoms with Crippen molar-refractivity contribution in [2.24, 2.45) is 5.73 Å². The van der Waals surface area contributed by atoms with Crippen molar-refractivity contribution in [2.75, 3.05) is 7.11 Å². The summed E-state index contributed by atoms with van der Waals surface area (Å²) in [6.07, 6.45) is 0. The van der Waals surface area contributed by atoms with Gasteiger partial charge in [-0.05, 0) is 54.4 Å². The molecular weight excluding hydrogens is 440 g/mol. The van der Waals surface area contributed by atoms with Gasteiger partial charge in [0.1, 0.15) is 29.7 Å². The average molecular weight is 465 g/mol. The lowest BCUT2D eigenvalue weighted by Crippen LogP contribution is -2.21. The number of fused-ring (bicyclic) bond motifs is 1. The molecule has 0 saturated carbocycles. The molecule has 1 aromatic heterocycles. The molecule has 0 radical (unpaired) electrons. The van der Waals surface area contributed by atoms with Crippen molar-refractivity contribution in [1.29, 1.82) is 5.26 Å². The molecule has 3 N–H and O–H groups in total. The second kappa shape index (κ2) is 9.27. The minimum Gasteiger partial charge on any atom is -0.497 e. The molecule has 5 rings (SSSR count). The Bertz CT molecular complexity index is 1410. The van der Waals surface area contributed by atoms with Crippen LogP contribution in [0.1, 0.15) is 28.2 Å². The second-order valence-electron chi connectivity index (χ2n) is 8.31. The van der Waals surface area contributed by atoms with Crippen molar-refractivity contribution >= 4 is 0 Å². The lowest BCUT2D eigenvalue weighted by atomic mass is 9.83. The Hall–Kier alpha value is -4.70. The van der Waals surface area contributed by atoms with Crippen molar-refractivity contribution in [3.05, 3.63) is 107 Å². The summed E-state index contributed by atoms with van der Waals surface area (Å²) in [5, 5.41) is 17.3. The number of methoxy groups -OCH3 is 1. The van der Waals surface area contributed by atoms with Crippen LogP contribution in [0.5, 0.6) is 17.4 Å². The van der Waals surface area contributed by atoms with Gasteiger partial charge in [0.15, 0.2) is 0 Å². The molecule has 0 aliphatic carbocycles. The molecule has 0 amide bonds. The van der Waals surface area contributed by atoms with E-state index in [4.69, 9.17) is 19.9 Å². The molecule has 35 heavy (non-hydrogen) atoms. The van der Waals surface area contributed by atoms with E-state index in [1.165, 1.54) is 5.56 Å². The van der Waals surface area contributed by atoms with Crippen LogP contribution in [0.3, 0.4) is 0 Å². The van der Waals surface area contributed by atoms with E-state index in [-0.39, 0.29) is 5.88 Å². The number of nitrogens with two attached hydrogens (primary N) is 1. The number of nitrogens with one attached hydrogen (secondary N) is 1. The lowest BCUT2D eigenvalue weighted by molar-refractivity contribution is 0.306. The molecule has 3 aromatic carbocycles. The molecule has 4 aromatic rings. The van der Waals surface area contributed by atoms with Crippen LogP contribution >= 0.6 is 0 Å². The van der Waals surface area contributed by atoms with E-state index >= 15 is 0 Å². The summed E-state index contributed by atoms with van der Waals surface area (Å²) in [6, 6.07) is 25.8. The third kappa shape index (κ3) is 4.30. The van der Waals surface area contributed by atoms with E-state index in [9.17, 15) is 5.26 Å². The van der Waals surface area contributed by atoms with Gasteiger partial charge in [0.2, 0.25) is 11.8 Å². The first-order valence-corrected chi connectivity index (χ1v) is 11.2. The van der Waals surface area contributed by atoms with Gasteiger partial charge in [-0.1, -0.05) is 42.0 Å². The minimum absolute atomic E-state index is 0.0532. The molecular formula is C28H24N4O3. The number of aromatic nitrogens is 2. The van der Waals surface area contributed by atoms with Gasteiger partial charge in [-0.15, -0.1) is 5.10 Å². The molecule has 0 saturated heterocycles. The minimum atomic E-state index is -0.439. The normalized spacial score (nSPS) is 14.6. The zero-order valence-corrected chi connectivity index (χ0v) is 19.4. The van der Waals surface area contributed by atoms with E-state index in [0.717, 1.165) is 39.4 Å². The van der Waals surface area contributed by atoms with Gasteiger partial charge in [0.25, 0.3) is 0 Å². The number of aryl methyl sites for hydroxylation is 1. The smallest absolute Gasteiger partial charge is 0.244 e. The van der Waals surface area contributed by atoms with Gasteiger partial charge in [-0.2, -0.15) is 5.26 Å². The summed E-state index contributed by atoms with van der Waals surface area (Å²) in [5.74, 6) is 1.46. The lowest BCUT2D eigenvalue weighted by Gasteiger charge is -2.24. The Balaban J connectivity index is 1.47. The third-order valence-electron chi connectivity index (χ3n) is 6.06. The molecule has 7 heteroatoms. The maximum atomic E-state index is 9.93. The van der Waals surface area contributed by atoms with E-state index in [2.05, 4.69) is 47.5 Å². The Morgan fingerprint density at radius 2 is 1.69 bits per heavy atom. The maximum Gasteiger partial charge on any atom is 0.244 e. The van der Waals surface area contributed by atoms with Gasteiger partial charge >= 0.3 is 0 Å². The second-order valence-corrected chi connectivity index (χ2v) is 8.31. The summed E-state index contributed by atoms with van der Waals surface area (Å²) < 4.78 is 16.9. The van der Waals surface area contributed by atoms with Crippen LogP contribution in [0.4, 0.5) is 0 Å². The quantitative estimate of drug-likeness (QED) is 0.407. The topological polar surface area (TPSA) is 106 Å². The number of nitriles is 1. The van der Waals surface area contributed by atoms with Crippen molar-refractivity contribution in [1.82, 2.24) is 10.2 Å². The van der Waals surface area contributed by atoms with Crippen LogP contribution in [0.25, 0.3) is 11.3 Å². The number of rotatable bonds is 6. The molecule has 1 aliphatic rings.